The third-order valence-electron chi connectivity index (χ3n) is 2.85. The zero-order valence-electron chi connectivity index (χ0n) is 11.1. The van der Waals surface area contributed by atoms with E-state index < -0.39 is 0 Å². The molecular weight excluding hydrogens is 240 g/mol. The summed E-state index contributed by atoms with van der Waals surface area (Å²) in [6, 6.07) is 13.6. The van der Waals surface area contributed by atoms with E-state index in [0.29, 0.717) is 12.4 Å². The highest BCUT2D eigenvalue weighted by Crippen LogP contribution is 2.27. The Bertz CT molecular complexity index is 544. The van der Waals surface area contributed by atoms with Crippen molar-refractivity contribution in [2.45, 2.75) is 6.54 Å². The zero-order chi connectivity index (χ0) is 13.7. The van der Waals surface area contributed by atoms with E-state index in [9.17, 15) is 0 Å². The number of ether oxygens (including phenoxy) is 1. The average Bonchev–Trinajstić information content (AvgIpc) is 2.47. The molecule has 3 N–H and O–H groups in total. The van der Waals surface area contributed by atoms with Crippen LogP contribution in [0.4, 0.5) is 11.5 Å². The molecule has 2 rings (SSSR count). The van der Waals surface area contributed by atoms with E-state index in [2.05, 4.69) is 15.3 Å². The molecule has 0 radical (unpaired) electrons. The fourth-order valence-electron chi connectivity index (χ4n) is 1.92. The lowest BCUT2D eigenvalue weighted by molar-refractivity contribution is 0.414. The van der Waals surface area contributed by atoms with Gasteiger partial charge in [0.05, 0.1) is 25.0 Å². The van der Waals surface area contributed by atoms with Crippen molar-refractivity contribution in [2.24, 2.45) is 5.84 Å². The molecule has 0 aliphatic rings. The van der Waals surface area contributed by atoms with Crippen LogP contribution in [-0.2, 0) is 6.54 Å². The predicted molar refractivity (Wildman–Crippen MR) is 77.1 cm³/mol. The number of nitrogens with zero attached hydrogens (tertiary/aromatic N) is 2. The molecular formula is C14H18N4O. The van der Waals surface area contributed by atoms with Crippen molar-refractivity contribution in [1.82, 2.24) is 4.98 Å². The first kappa shape index (κ1) is 13.2. The number of anilines is 2. The van der Waals surface area contributed by atoms with Crippen LogP contribution in [0.5, 0.6) is 5.75 Å². The number of hydrogen-bond acceptors (Lipinski definition) is 5. The summed E-state index contributed by atoms with van der Waals surface area (Å²) < 4.78 is 5.35. The molecule has 0 fully saturated rings. The maximum absolute atomic E-state index is 5.36. The van der Waals surface area contributed by atoms with Crippen LogP contribution >= 0.6 is 0 Å². The van der Waals surface area contributed by atoms with E-state index in [4.69, 9.17) is 10.6 Å². The van der Waals surface area contributed by atoms with E-state index in [1.807, 2.05) is 49.5 Å². The Labute approximate surface area is 113 Å². The first-order valence-electron chi connectivity index (χ1n) is 6.01. The van der Waals surface area contributed by atoms with E-state index in [1.54, 1.807) is 7.11 Å². The summed E-state index contributed by atoms with van der Waals surface area (Å²) in [5.41, 5.74) is 4.51. The molecule has 0 aliphatic carbocycles. The molecule has 0 spiro atoms. The summed E-state index contributed by atoms with van der Waals surface area (Å²) >= 11 is 0. The minimum atomic E-state index is 0.658. The van der Waals surface area contributed by atoms with Gasteiger partial charge in [0.15, 0.2) is 0 Å². The minimum absolute atomic E-state index is 0.658. The zero-order valence-corrected chi connectivity index (χ0v) is 11.1. The highest BCUT2D eigenvalue weighted by Gasteiger charge is 2.08. The number of hydrogen-bond donors (Lipinski definition) is 2. The number of pyridine rings is 1. The average molecular weight is 258 g/mol. The molecule has 1 aromatic heterocycles. The Morgan fingerprint density at radius 3 is 2.74 bits per heavy atom. The lowest BCUT2D eigenvalue weighted by atomic mass is 10.2. The van der Waals surface area contributed by atoms with Crippen LogP contribution in [0.15, 0.2) is 42.5 Å². The second-order valence-electron chi connectivity index (χ2n) is 4.19. The minimum Gasteiger partial charge on any atom is -0.495 e. The lowest BCUT2D eigenvalue weighted by Crippen LogP contribution is -2.18. The topological polar surface area (TPSA) is 63.4 Å². The fraction of sp³-hybridized carbons (Fsp3) is 0.214. The molecule has 1 aromatic carbocycles. The molecule has 1 heterocycles. The van der Waals surface area contributed by atoms with Gasteiger partial charge in [-0.1, -0.05) is 18.2 Å². The van der Waals surface area contributed by atoms with Gasteiger partial charge in [0, 0.05) is 7.05 Å². The monoisotopic (exact) mass is 258 g/mol. The van der Waals surface area contributed by atoms with Crippen LogP contribution in [0.1, 0.15) is 5.69 Å². The number of nitrogens with two attached hydrogens (primary N) is 1. The van der Waals surface area contributed by atoms with Crippen LogP contribution < -0.4 is 20.9 Å². The van der Waals surface area contributed by atoms with Crippen molar-refractivity contribution >= 4 is 11.5 Å². The number of benzene rings is 1. The van der Waals surface area contributed by atoms with Gasteiger partial charge in [-0.3, -0.25) is 0 Å². The number of nitrogen functional groups attached to an aromatic ring is 1. The molecule has 2 aromatic rings. The summed E-state index contributed by atoms with van der Waals surface area (Å²) in [6.07, 6.45) is 0. The van der Waals surface area contributed by atoms with Gasteiger partial charge in [0.2, 0.25) is 0 Å². The molecule has 5 nitrogen and oxygen atoms in total. The smallest absolute Gasteiger partial charge is 0.142 e. The molecule has 100 valence electrons. The summed E-state index contributed by atoms with van der Waals surface area (Å²) in [5, 5.41) is 0. The van der Waals surface area contributed by atoms with E-state index in [1.165, 1.54) is 0 Å². The molecule has 0 saturated heterocycles. The first-order chi connectivity index (χ1) is 9.24. The molecule has 0 saturated carbocycles. The van der Waals surface area contributed by atoms with E-state index >= 15 is 0 Å². The van der Waals surface area contributed by atoms with Gasteiger partial charge in [-0.15, -0.1) is 0 Å². The van der Waals surface area contributed by atoms with Gasteiger partial charge in [0.25, 0.3) is 0 Å². The van der Waals surface area contributed by atoms with Crippen LogP contribution in [-0.4, -0.2) is 19.1 Å². The molecule has 0 aliphatic heterocycles. The normalized spacial score (nSPS) is 10.1. The van der Waals surface area contributed by atoms with Gasteiger partial charge in [-0.25, -0.2) is 10.8 Å². The van der Waals surface area contributed by atoms with Crippen LogP contribution in [0.2, 0.25) is 0 Å². The molecule has 0 atom stereocenters. The van der Waals surface area contributed by atoms with Gasteiger partial charge >= 0.3 is 0 Å². The van der Waals surface area contributed by atoms with Gasteiger partial charge < -0.3 is 15.1 Å². The highest BCUT2D eigenvalue weighted by atomic mass is 16.5. The van der Waals surface area contributed by atoms with Gasteiger partial charge in [-0.2, -0.15) is 0 Å². The Kier molecular flexibility index (Phi) is 4.20. The van der Waals surface area contributed by atoms with Gasteiger partial charge in [-0.05, 0) is 24.3 Å². The van der Waals surface area contributed by atoms with Crippen LogP contribution in [0.25, 0.3) is 0 Å². The standard InChI is InChI=1S/C14H18N4O/c1-18(12-7-3-4-8-13(12)19-2)10-11-6-5-9-14(16-11)17-15/h3-9H,10,15H2,1-2H3,(H,16,17). The number of para-hydroxylation sites is 2. The third kappa shape index (κ3) is 3.14. The number of nitrogens with one attached hydrogen (secondary N) is 1. The number of aromatic nitrogens is 1. The SMILES string of the molecule is COc1ccccc1N(C)Cc1cccc(NN)n1. The molecule has 0 unspecified atom stereocenters. The quantitative estimate of drug-likeness (QED) is 0.634. The van der Waals surface area contributed by atoms with E-state index in [-0.39, 0.29) is 0 Å². The fourth-order valence-corrected chi connectivity index (χ4v) is 1.92. The molecule has 19 heavy (non-hydrogen) atoms. The van der Waals surface area contributed by atoms with Crippen molar-refractivity contribution in [3.8, 4) is 5.75 Å². The van der Waals surface area contributed by atoms with Gasteiger partial charge in [0.1, 0.15) is 11.6 Å². The largest absolute Gasteiger partial charge is 0.495 e. The van der Waals surface area contributed by atoms with Crippen molar-refractivity contribution in [3.05, 3.63) is 48.2 Å². The summed E-state index contributed by atoms with van der Waals surface area (Å²) in [4.78, 5) is 6.48. The predicted octanol–water partition coefficient (Wildman–Crippen LogP) is 2.01. The second kappa shape index (κ2) is 6.06. The molecule has 0 bridgehead atoms. The van der Waals surface area contributed by atoms with Crippen molar-refractivity contribution < 1.29 is 4.74 Å². The summed E-state index contributed by atoms with van der Waals surface area (Å²) in [6.45, 7) is 0.676. The summed E-state index contributed by atoms with van der Waals surface area (Å²) in [7, 11) is 3.67. The molecule has 0 amide bonds. The maximum Gasteiger partial charge on any atom is 0.142 e. The maximum atomic E-state index is 5.36. The summed E-state index contributed by atoms with van der Waals surface area (Å²) in [5.74, 6) is 6.86. The molecule has 5 heteroatoms. The van der Waals surface area contributed by atoms with Crippen LogP contribution in [0, 0.1) is 0 Å². The highest BCUT2D eigenvalue weighted by molar-refractivity contribution is 5.58. The Morgan fingerprint density at radius 1 is 1.21 bits per heavy atom. The van der Waals surface area contributed by atoms with Crippen molar-refractivity contribution in [3.63, 3.8) is 0 Å². The lowest BCUT2D eigenvalue weighted by Gasteiger charge is -2.21. The number of methoxy groups -OCH3 is 1. The Morgan fingerprint density at radius 2 is 2.00 bits per heavy atom. The Balaban J connectivity index is 2.18. The first-order valence-corrected chi connectivity index (χ1v) is 6.01. The van der Waals surface area contributed by atoms with E-state index in [0.717, 1.165) is 17.1 Å². The Hall–Kier alpha value is -2.27. The second-order valence-corrected chi connectivity index (χ2v) is 4.19. The van der Waals surface area contributed by atoms with Crippen molar-refractivity contribution in [1.29, 1.82) is 0 Å². The van der Waals surface area contributed by atoms with Crippen molar-refractivity contribution in [2.75, 3.05) is 24.5 Å². The number of hydrazine groups is 1. The van der Waals surface area contributed by atoms with Crippen LogP contribution in [0.3, 0.4) is 0 Å². The third-order valence-corrected chi connectivity index (χ3v) is 2.85. The number of rotatable bonds is 5.